The van der Waals surface area contributed by atoms with Crippen molar-refractivity contribution in [3.05, 3.63) is 0 Å². The average molecular weight is 315 g/mol. The second kappa shape index (κ2) is 14.9. The number of carbonyl (C=O) groups is 1. The molecule has 0 atom stereocenters. The highest BCUT2D eigenvalue weighted by molar-refractivity contribution is 5.78. The second-order valence-electron chi connectivity index (χ2n) is 5.12. The molecule has 1 N–H and O–H groups in total. The number of amides is 1. The zero-order valence-electron chi connectivity index (χ0n) is 13.2. The number of piperidine rings is 1. The fraction of sp³-hybridized carbons (Fsp3) is 0.875. The number of nitrogens with one attached hydrogen (secondary N) is 1. The molecule has 0 aromatic rings. The van der Waals surface area contributed by atoms with Gasteiger partial charge in [0.15, 0.2) is 0 Å². The molecule has 2 rings (SSSR count). The van der Waals surface area contributed by atoms with E-state index in [2.05, 4.69) is 15.2 Å². The van der Waals surface area contributed by atoms with Crippen molar-refractivity contribution < 1.29 is 14.3 Å². The van der Waals surface area contributed by atoms with Crippen LogP contribution < -0.4 is 5.32 Å². The fourth-order valence-corrected chi connectivity index (χ4v) is 2.29. The SMILES string of the molecule is C.C1COCCN1.CC=NC(=O)OCCCN1CCCCC1. The van der Waals surface area contributed by atoms with Crippen LogP contribution in [-0.4, -0.2) is 69.8 Å². The van der Waals surface area contributed by atoms with Gasteiger partial charge in [-0.15, -0.1) is 0 Å². The third-order valence-corrected chi connectivity index (χ3v) is 3.37. The molecular weight excluding hydrogens is 282 g/mol. The van der Waals surface area contributed by atoms with Gasteiger partial charge in [-0.05, 0) is 39.3 Å². The molecule has 2 saturated heterocycles. The van der Waals surface area contributed by atoms with Crippen molar-refractivity contribution in [3.63, 3.8) is 0 Å². The third kappa shape index (κ3) is 11.7. The summed E-state index contributed by atoms with van der Waals surface area (Å²) in [5.41, 5.74) is 0. The summed E-state index contributed by atoms with van der Waals surface area (Å²) in [4.78, 5) is 16.8. The predicted octanol–water partition coefficient (Wildman–Crippen LogP) is 2.33. The minimum absolute atomic E-state index is 0. The van der Waals surface area contributed by atoms with E-state index in [0.29, 0.717) is 6.61 Å². The minimum atomic E-state index is -0.476. The van der Waals surface area contributed by atoms with Crippen LogP contribution in [0.15, 0.2) is 4.99 Å². The number of ether oxygens (including phenoxy) is 2. The fourth-order valence-electron chi connectivity index (χ4n) is 2.29. The van der Waals surface area contributed by atoms with Gasteiger partial charge in [0, 0.05) is 25.8 Å². The van der Waals surface area contributed by atoms with Crippen LogP contribution in [0.4, 0.5) is 4.79 Å². The van der Waals surface area contributed by atoms with Gasteiger partial charge >= 0.3 is 6.09 Å². The van der Waals surface area contributed by atoms with Gasteiger partial charge in [-0.1, -0.05) is 13.8 Å². The number of carbonyl (C=O) groups excluding carboxylic acids is 1. The van der Waals surface area contributed by atoms with Crippen LogP contribution in [0, 0.1) is 0 Å². The van der Waals surface area contributed by atoms with Crippen LogP contribution in [0.25, 0.3) is 0 Å². The molecule has 0 spiro atoms. The van der Waals surface area contributed by atoms with E-state index in [-0.39, 0.29) is 7.43 Å². The Morgan fingerprint density at radius 3 is 2.45 bits per heavy atom. The first-order valence-corrected chi connectivity index (χ1v) is 7.99. The van der Waals surface area contributed by atoms with E-state index >= 15 is 0 Å². The van der Waals surface area contributed by atoms with E-state index in [1.54, 1.807) is 6.92 Å². The summed E-state index contributed by atoms with van der Waals surface area (Å²) in [6.07, 6.45) is 5.85. The maximum Gasteiger partial charge on any atom is 0.433 e. The molecule has 0 aromatic heterocycles. The minimum Gasteiger partial charge on any atom is -0.448 e. The first-order valence-electron chi connectivity index (χ1n) is 7.99. The largest absolute Gasteiger partial charge is 0.448 e. The first-order chi connectivity index (χ1) is 10.3. The standard InChI is InChI=1S/C11H20N2O2.C4H9NO.CH4/c1-2-12-11(14)15-10-6-9-13-7-4-3-5-8-13;1-3-6-4-2-5-1;/h2H,3-10H2,1H3;5H,1-4H2;1H4. The van der Waals surface area contributed by atoms with Crippen molar-refractivity contribution in [1.82, 2.24) is 10.2 Å². The van der Waals surface area contributed by atoms with Crippen LogP contribution in [0.3, 0.4) is 0 Å². The quantitative estimate of drug-likeness (QED) is 0.637. The van der Waals surface area contributed by atoms with Crippen molar-refractivity contribution in [2.75, 3.05) is 52.5 Å². The number of nitrogens with zero attached hydrogens (tertiary/aromatic N) is 2. The Bertz CT molecular complexity index is 277. The molecule has 0 aromatic carbocycles. The van der Waals surface area contributed by atoms with Crippen molar-refractivity contribution in [2.24, 2.45) is 4.99 Å². The molecule has 0 unspecified atom stereocenters. The molecule has 0 bridgehead atoms. The van der Waals surface area contributed by atoms with Gasteiger partial charge in [0.2, 0.25) is 0 Å². The van der Waals surface area contributed by atoms with Gasteiger partial charge in [-0.3, -0.25) is 0 Å². The lowest BCUT2D eigenvalue weighted by atomic mass is 10.1. The molecule has 2 heterocycles. The van der Waals surface area contributed by atoms with E-state index in [4.69, 9.17) is 9.47 Å². The molecule has 0 radical (unpaired) electrons. The summed E-state index contributed by atoms with van der Waals surface area (Å²) in [5.74, 6) is 0. The van der Waals surface area contributed by atoms with E-state index in [9.17, 15) is 4.79 Å². The summed E-state index contributed by atoms with van der Waals surface area (Å²) < 4.78 is 9.92. The Morgan fingerprint density at radius 2 is 1.95 bits per heavy atom. The maximum absolute atomic E-state index is 10.9. The Labute approximate surface area is 135 Å². The number of hydrogen-bond acceptors (Lipinski definition) is 5. The molecule has 6 heteroatoms. The van der Waals surface area contributed by atoms with Gasteiger partial charge in [0.25, 0.3) is 0 Å². The van der Waals surface area contributed by atoms with Gasteiger partial charge in [0.1, 0.15) is 0 Å². The molecule has 2 aliphatic rings. The lowest BCUT2D eigenvalue weighted by Gasteiger charge is -2.25. The third-order valence-electron chi connectivity index (χ3n) is 3.37. The Kier molecular flexibility index (Phi) is 14.3. The van der Waals surface area contributed by atoms with Crippen LogP contribution in [0.2, 0.25) is 0 Å². The zero-order valence-corrected chi connectivity index (χ0v) is 13.2. The number of hydrogen-bond donors (Lipinski definition) is 1. The van der Waals surface area contributed by atoms with Gasteiger partial charge in [0.05, 0.1) is 19.8 Å². The highest BCUT2D eigenvalue weighted by Crippen LogP contribution is 2.08. The Balaban J connectivity index is 0.000000529. The van der Waals surface area contributed by atoms with E-state index < -0.39 is 6.09 Å². The number of rotatable bonds is 4. The maximum atomic E-state index is 10.9. The highest BCUT2D eigenvalue weighted by Gasteiger charge is 2.09. The van der Waals surface area contributed by atoms with Gasteiger partial charge in [-0.2, -0.15) is 4.99 Å². The zero-order chi connectivity index (χ0) is 15.2. The molecule has 130 valence electrons. The van der Waals surface area contributed by atoms with Gasteiger partial charge < -0.3 is 19.7 Å². The highest BCUT2D eigenvalue weighted by atomic mass is 16.5. The number of morpholine rings is 1. The molecule has 0 aliphatic carbocycles. The van der Waals surface area contributed by atoms with Crippen molar-refractivity contribution in [1.29, 1.82) is 0 Å². The van der Waals surface area contributed by atoms with Crippen LogP contribution in [-0.2, 0) is 9.47 Å². The molecule has 2 fully saturated rings. The first kappa shape index (κ1) is 21.0. The predicted molar refractivity (Wildman–Crippen MR) is 90.8 cm³/mol. The lowest BCUT2D eigenvalue weighted by molar-refractivity contribution is 0.109. The van der Waals surface area contributed by atoms with Crippen molar-refractivity contribution in [3.8, 4) is 0 Å². The summed E-state index contributed by atoms with van der Waals surface area (Å²) in [6, 6.07) is 0. The molecule has 2 aliphatic heterocycles. The molecule has 22 heavy (non-hydrogen) atoms. The van der Waals surface area contributed by atoms with Crippen LogP contribution in [0.1, 0.15) is 40.0 Å². The number of aliphatic imine (C=N–C) groups is 1. The lowest BCUT2D eigenvalue weighted by Crippen LogP contribution is -2.31. The summed E-state index contributed by atoms with van der Waals surface area (Å²) in [5, 5.41) is 3.16. The van der Waals surface area contributed by atoms with E-state index in [1.165, 1.54) is 38.6 Å². The molecular formula is C16H33N3O3. The summed E-state index contributed by atoms with van der Waals surface area (Å²) in [6.45, 7) is 9.44. The topological polar surface area (TPSA) is 63.2 Å². The van der Waals surface area contributed by atoms with E-state index in [0.717, 1.165) is 39.3 Å². The van der Waals surface area contributed by atoms with Gasteiger partial charge in [-0.25, -0.2) is 4.79 Å². The van der Waals surface area contributed by atoms with E-state index in [1.807, 2.05) is 0 Å². The smallest absolute Gasteiger partial charge is 0.433 e. The normalized spacial score (nSPS) is 19.0. The average Bonchev–Trinajstić information content (AvgIpc) is 2.55. The Hall–Kier alpha value is -0.980. The van der Waals surface area contributed by atoms with Crippen LogP contribution >= 0.6 is 0 Å². The molecule has 6 nitrogen and oxygen atoms in total. The second-order valence-corrected chi connectivity index (χ2v) is 5.12. The van der Waals surface area contributed by atoms with Crippen molar-refractivity contribution >= 4 is 12.3 Å². The van der Waals surface area contributed by atoms with Crippen LogP contribution in [0.5, 0.6) is 0 Å². The summed E-state index contributed by atoms with van der Waals surface area (Å²) in [7, 11) is 0. The Morgan fingerprint density at radius 1 is 1.27 bits per heavy atom. The van der Waals surface area contributed by atoms with Crippen molar-refractivity contribution in [2.45, 2.75) is 40.0 Å². The molecule has 0 saturated carbocycles. The monoisotopic (exact) mass is 315 g/mol. The number of likely N-dealkylation sites (tertiary alicyclic amines) is 1. The summed E-state index contributed by atoms with van der Waals surface area (Å²) >= 11 is 0. The molecule has 1 amide bonds.